The van der Waals surface area contributed by atoms with Gasteiger partial charge in [-0.1, -0.05) is 82.5 Å². The van der Waals surface area contributed by atoms with Crippen molar-refractivity contribution in [2.24, 2.45) is 0 Å². The van der Waals surface area contributed by atoms with E-state index in [1.807, 2.05) is 44.2 Å². The fourth-order valence-electron chi connectivity index (χ4n) is 4.18. The Morgan fingerprint density at radius 3 is 2.33 bits per heavy atom. The number of sulfonamides is 1. The largest absolute Gasteiger partial charge is 0.271 e. The molecule has 1 N–H and O–H groups in total. The van der Waals surface area contributed by atoms with Crippen molar-refractivity contribution in [3.8, 4) is 5.69 Å². The molecule has 0 aliphatic heterocycles. The zero-order valence-corrected chi connectivity index (χ0v) is 23.5. The smallest absolute Gasteiger partial charge is 0.241 e. The first-order valence-electron chi connectivity index (χ1n) is 11.2. The van der Waals surface area contributed by atoms with Crippen LogP contribution < -0.4 is 4.72 Å². The number of rotatable bonds is 8. The lowest BCUT2D eigenvalue weighted by Gasteiger charge is -2.15. The highest BCUT2D eigenvalue weighted by Gasteiger charge is 2.23. The molecule has 1 aromatic heterocycles. The Labute approximate surface area is 226 Å². The van der Waals surface area contributed by atoms with Crippen molar-refractivity contribution >= 4 is 45.0 Å². The molecule has 0 amide bonds. The molecular formula is C26H26Cl2N4O2S2. The monoisotopic (exact) mass is 560 g/mol. The molecule has 0 aliphatic carbocycles. The Kier molecular flexibility index (Phi) is 8.12. The third kappa shape index (κ3) is 5.95. The summed E-state index contributed by atoms with van der Waals surface area (Å²) in [5, 5.41) is 10.2. The van der Waals surface area contributed by atoms with Crippen LogP contribution in [-0.2, 0) is 22.3 Å². The molecule has 188 valence electrons. The van der Waals surface area contributed by atoms with Gasteiger partial charge < -0.3 is 0 Å². The van der Waals surface area contributed by atoms with Gasteiger partial charge in [0.1, 0.15) is 0 Å². The summed E-state index contributed by atoms with van der Waals surface area (Å²) in [6, 6.07) is 17.0. The zero-order chi connectivity index (χ0) is 26.0. The predicted molar refractivity (Wildman–Crippen MR) is 147 cm³/mol. The lowest BCUT2D eigenvalue weighted by molar-refractivity contribution is 0.577. The van der Waals surface area contributed by atoms with Crippen molar-refractivity contribution in [1.82, 2.24) is 19.5 Å². The van der Waals surface area contributed by atoms with E-state index in [2.05, 4.69) is 21.0 Å². The molecule has 10 heteroatoms. The summed E-state index contributed by atoms with van der Waals surface area (Å²) >= 11 is 14.3. The molecule has 0 spiro atoms. The molecule has 6 nitrogen and oxygen atoms in total. The Morgan fingerprint density at radius 1 is 0.917 bits per heavy atom. The highest BCUT2D eigenvalue weighted by Crippen LogP contribution is 2.31. The molecule has 0 unspecified atom stereocenters. The van der Waals surface area contributed by atoms with Crippen molar-refractivity contribution in [1.29, 1.82) is 0 Å². The van der Waals surface area contributed by atoms with Crippen molar-refractivity contribution in [2.75, 3.05) is 0 Å². The summed E-state index contributed by atoms with van der Waals surface area (Å²) in [7, 11) is -3.80. The number of thioether (sulfide) groups is 1. The first-order chi connectivity index (χ1) is 17.0. The number of benzene rings is 3. The van der Waals surface area contributed by atoms with Crippen LogP contribution in [0, 0.1) is 27.7 Å². The van der Waals surface area contributed by atoms with Crippen LogP contribution in [0.1, 0.15) is 33.6 Å². The van der Waals surface area contributed by atoms with Crippen molar-refractivity contribution in [3.63, 3.8) is 0 Å². The van der Waals surface area contributed by atoms with Gasteiger partial charge in [-0.05, 0) is 62.6 Å². The van der Waals surface area contributed by atoms with E-state index < -0.39 is 10.0 Å². The van der Waals surface area contributed by atoms with Gasteiger partial charge in [-0.2, -0.15) is 0 Å². The Bertz CT molecular complexity index is 1510. The Balaban J connectivity index is 1.68. The van der Waals surface area contributed by atoms with Crippen LogP contribution in [0.25, 0.3) is 5.69 Å². The van der Waals surface area contributed by atoms with E-state index in [1.54, 1.807) is 36.6 Å². The van der Waals surface area contributed by atoms with E-state index in [0.717, 1.165) is 11.1 Å². The van der Waals surface area contributed by atoms with E-state index in [4.69, 9.17) is 23.2 Å². The molecule has 36 heavy (non-hydrogen) atoms. The van der Waals surface area contributed by atoms with Gasteiger partial charge in [0.15, 0.2) is 11.0 Å². The molecule has 0 aliphatic rings. The van der Waals surface area contributed by atoms with E-state index in [9.17, 15) is 8.42 Å². The van der Waals surface area contributed by atoms with Crippen LogP contribution in [0.3, 0.4) is 0 Å². The van der Waals surface area contributed by atoms with Crippen LogP contribution in [0.4, 0.5) is 0 Å². The maximum Gasteiger partial charge on any atom is 0.241 e. The molecule has 1 heterocycles. The Hall–Kier alpha value is -2.36. The quantitative estimate of drug-likeness (QED) is 0.246. The molecule has 3 aromatic carbocycles. The molecule has 0 fully saturated rings. The number of hydrogen-bond donors (Lipinski definition) is 1. The molecule has 0 atom stereocenters. The standard InChI is InChI=1S/C26H26Cl2N4O2S2/c1-16-6-5-7-20(12-16)15-35-26-31-30-24(32(26)23-13-21(27)8-9-22(23)28)14-29-36(33,34)25-18(3)10-17(2)11-19(25)4/h5-13,29H,14-15H2,1-4H3. The fraction of sp³-hybridized carbons (Fsp3) is 0.231. The minimum Gasteiger partial charge on any atom is -0.271 e. The maximum absolute atomic E-state index is 13.3. The third-order valence-electron chi connectivity index (χ3n) is 5.59. The number of nitrogens with one attached hydrogen (secondary N) is 1. The summed E-state index contributed by atoms with van der Waals surface area (Å²) in [5.41, 5.74) is 5.28. The second kappa shape index (κ2) is 10.9. The van der Waals surface area contributed by atoms with Gasteiger partial charge in [-0.25, -0.2) is 13.1 Å². The summed E-state index contributed by atoms with van der Waals surface area (Å²) in [4.78, 5) is 0.272. The van der Waals surface area contributed by atoms with Crippen molar-refractivity contribution in [3.05, 3.63) is 98.3 Å². The molecule has 0 radical (unpaired) electrons. The van der Waals surface area contributed by atoms with E-state index in [1.165, 1.54) is 17.3 Å². The number of halogens is 2. The summed E-state index contributed by atoms with van der Waals surface area (Å²) in [6.45, 7) is 7.50. The summed E-state index contributed by atoms with van der Waals surface area (Å²) in [5.74, 6) is 1.06. The number of aryl methyl sites for hydroxylation is 4. The molecule has 4 aromatic rings. The average Bonchev–Trinajstić information content (AvgIpc) is 3.20. The normalized spacial score (nSPS) is 11.7. The minimum atomic E-state index is -3.80. The number of aromatic nitrogens is 3. The average molecular weight is 562 g/mol. The van der Waals surface area contributed by atoms with E-state index in [-0.39, 0.29) is 11.4 Å². The lowest BCUT2D eigenvalue weighted by Crippen LogP contribution is -2.26. The van der Waals surface area contributed by atoms with Crippen molar-refractivity contribution in [2.45, 2.75) is 50.0 Å². The second-order valence-corrected chi connectivity index (χ2v) is 12.1. The Morgan fingerprint density at radius 2 is 1.64 bits per heavy atom. The van der Waals surface area contributed by atoms with Gasteiger partial charge in [0.05, 0.1) is 22.2 Å². The van der Waals surface area contributed by atoms with Crippen LogP contribution in [0.5, 0.6) is 0 Å². The van der Waals surface area contributed by atoms with Gasteiger partial charge in [-0.15, -0.1) is 10.2 Å². The van der Waals surface area contributed by atoms with Crippen LogP contribution in [0.2, 0.25) is 10.0 Å². The SMILES string of the molecule is Cc1cccc(CSc2nnc(CNS(=O)(=O)c3c(C)cc(C)cc3C)n2-c2cc(Cl)ccc2Cl)c1. The van der Waals surface area contributed by atoms with Gasteiger partial charge in [0.25, 0.3) is 0 Å². The van der Waals surface area contributed by atoms with Crippen LogP contribution in [-0.4, -0.2) is 23.2 Å². The van der Waals surface area contributed by atoms with Crippen LogP contribution in [0.15, 0.2) is 64.6 Å². The predicted octanol–water partition coefficient (Wildman–Crippen LogP) is 6.58. The first-order valence-corrected chi connectivity index (χ1v) is 14.4. The zero-order valence-electron chi connectivity index (χ0n) is 20.3. The van der Waals surface area contributed by atoms with Gasteiger partial charge in [0.2, 0.25) is 10.0 Å². The highest BCUT2D eigenvalue weighted by atomic mass is 35.5. The summed E-state index contributed by atoms with van der Waals surface area (Å²) in [6.07, 6.45) is 0. The lowest BCUT2D eigenvalue weighted by atomic mass is 10.1. The van der Waals surface area contributed by atoms with Gasteiger partial charge in [-0.3, -0.25) is 4.57 Å². The minimum absolute atomic E-state index is 0.0735. The highest BCUT2D eigenvalue weighted by molar-refractivity contribution is 7.98. The van der Waals surface area contributed by atoms with E-state index in [0.29, 0.717) is 43.6 Å². The summed E-state index contributed by atoms with van der Waals surface area (Å²) < 4.78 is 31.0. The topological polar surface area (TPSA) is 76.9 Å². The van der Waals surface area contributed by atoms with Crippen LogP contribution >= 0.6 is 35.0 Å². The van der Waals surface area contributed by atoms with Crippen molar-refractivity contribution < 1.29 is 8.42 Å². The molecule has 0 bridgehead atoms. The van der Waals surface area contributed by atoms with E-state index >= 15 is 0 Å². The third-order valence-corrected chi connectivity index (χ3v) is 8.85. The molecular weight excluding hydrogens is 535 g/mol. The first kappa shape index (κ1) is 26.7. The number of nitrogens with zero attached hydrogens (tertiary/aromatic N) is 3. The molecule has 4 rings (SSSR count). The fourth-order valence-corrected chi connectivity index (χ4v) is 6.88. The molecule has 0 saturated heterocycles. The molecule has 0 saturated carbocycles. The second-order valence-electron chi connectivity index (χ2n) is 8.66. The maximum atomic E-state index is 13.3. The van der Waals surface area contributed by atoms with Gasteiger partial charge in [0, 0.05) is 10.8 Å². The van der Waals surface area contributed by atoms with Gasteiger partial charge >= 0.3 is 0 Å². The number of hydrogen-bond acceptors (Lipinski definition) is 5.